The second kappa shape index (κ2) is 10.8. The van der Waals surface area contributed by atoms with Gasteiger partial charge >= 0.3 is 6.18 Å². The van der Waals surface area contributed by atoms with Gasteiger partial charge in [-0.05, 0) is 49.7 Å². The summed E-state index contributed by atoms with van der Waals surface area (Å²) in [6.45, 7) is 6.48. The molecular weight excluding hydrogens is 515 g/mol. The van der Waals surface area contributed by atoms with E-state index in [1.54, 1.807) is 23.1 Å². The summed E-state index contributed by atoms with van der Waals surface area (Å²) in [6.07, 6.45) is -5.74. The summed E-state index contributed by atoms with van der Waals surface area (Å²) in [6, 6.07) is 11.1. The number of rotatable bonds is 5. The van der Waals surface area contributed by atoms with Gasteiger partial charge in [-0.2, -0.15) is 18.2 Å². The van der Waals surface area contributed by atoms with Crippen LogP contribution in [0.3, 0.4) is 0 Å². The van der Waals surface area contributed by atoms with Crippen LogP contribution >= 0.6 is 0 Å². The van der Waals surface area contributed by atoms with E-state index in [9.17, 15) is 23.1 Å². The van der Waals surface area contributed by atoms with E-state index in [1.165, 1.54) is 12.1 Å². The Morgan fingerprint density at radius 1 is 1.10 bits per heavy atom. The Labute approximate surface area is 223 Å². The number of alkyl halides is 3. The fourth-order valence-electron chi connectivity index (χ4n) is 4.55. The van der Waals surface area contributed by atoms with Crippen LogP contribution in [0.1, 0.15) is 28.4 Å². The average Bonchev–Trinajstić information content (AvgIpc) is 3.27. The lowest BCUT2D eigenvalue weighted by atomic mass is 10.0. The van der Waals surface area contributed by atoms with Gasteiger partial charge in [0.2, 0.25) is 12.4 Å². The van der Waals surface area contributed by atoms with Gasteiger partial charge in [-0.25, -0.2) is 4.98 Å². The highest BCUT2D eigenvalue weighted by Crippen LogP contribution is 2.33. The summed E-state index contributed by atoms with van der Waals surface area (Å²) in [7, 11) is 0. The molecular formula is C27H28F3N5O4. The molecule has 2 atom stereocenters. The van der Waals surface area contributed by atoms with Crippen molar-refractivity contribution in [3.8, 4) is 11.3 Å². The second-order valence-electron chi connectivity index (χ2n) is 9.49. The van der Waals surface area contributed by atoms with Gasteiger partial charge in [0.1, 0.15) is 5.82 Å². The number of aliphatic hydroxyl groups is 1. The number of amides is 1. The first-order chi connectivity index (χ1) is 18.6. The fraction of sp³-hybridized carbons (Fsp3) is 0.370. The van der Waals surface area contributed by atoms with Gasteiger partial charge in [-0.3, -0.25) is 9.69 Å². The SMILES string of the molecule is Cc1ccc(NC(=O)c2cccc(C(F)(F)F)c2)cc1-c1cc(N2CCOCC2)nc(N2C(O)OC[C@@H]2C)n1. The maximum absolute atomic E-state index is 13.1. The highest BCUT2D eigenvalue weighted by Gasteiger charge is 2.33. The number of anilines is 3. The van der Waals surface area contributed by atoms with Crippen molar-refractivity contribution in [1.29, 1.82) is 0 Å². The fourth-order valence-corrected chi connectivity index (χ4v) is 4.55. The minimum atomic E-state index is -4.55. The van der Waals surface area contributed by atoms with Gasteiger partial charge in [0.25, 0.3) is 5.91 Å². The molecule has 2 aliphatic rings. The number of benzene rings is 2. The van der Waals surface area contributed by atoms with Crippen molar-refractivity contribution in [2.75, 3.05) is 48.0 Å². The summed E-state index contributed by atoms with van der Waals surface area (Å²) in [5.74, 6) is 0.283. The largest absolute Gasteiger partial charge is 0.416 e. The number of carbonyl (C=O) groups is 1. The molecule has 1 amide bonds. The Bertz CT molecular complexity index is 1350. The van der Waals surface area contributed by atoms with Gasteiger partial charge in [0, 0.05) is 36.0 Å². The Morgan fingerprint density at radius 2 is 1.87 bits per heavy atom. The number of carbonyl (C=O) groups excluding carboxylic acids is 1. The molecule has 2 aromatic carbocycles. The molecule has 2 aliphatic heterocycles. The molecule has 9 nitrogen and oxygen atoms in total. The van der Waals surface area contributed by atoms with Crippen molar-refractivity contribution in [2.24, 2.45) is 0 Å². The minimum Gasteiger partial charge on any atom is -0.378 e. The van der Waals surface area contributed by atoms with Gasteiger partial charge in [0.05, 0.1) is 37.1 Å². The predicted molar refractivity (Wildman–Crippen MR) is 139 cm³/mol. The Hall–Kier alpha value is -3.74. The van der Waals surface area contributed by atoms with E-state index >= 15 is 0 Å². The second-order valence-corrected chi connectivity index (χ2v) is 9.49. The van der Waals surface area contributed by atoms with Crippen LogP contribution in [0.25, 0.3) is 11.3 Å². The predicted octanol–water partition coefficient (Wildman–Crippen LogP) is 4.06. The summed E-state index contributed by atoms with van der Waals surface area (Å²) in [5.41, 5.74) is 1.49. The monoisotopic (exact) mass is 543 g/mol. The molecule has 3 aromatic rings. The number of halogens is 3. The lowest BCUT2D eigenvalue weighted by Gasteiger charge is -2.30. The van der Waals surface area contributed by atoms with Crippen LogP contribution in [-0.2, 0) is 15.7 Å². The molecule has 2 saturated heterocycles. The van der Waals surface area contributed by atoms with Crippen LogP contribution in [0.5, 0.6) is 0 Å². The molecule has 0 bridgehead atoms. The molecule has 1 aromatic heterocycles. The van der Waals surface area contributed by atoms with E-state index in [2.05, 4.69) is 10.2 Å². The number of aryl methyl sites for hydroxylation is 1. The molecule has 2 N–H and O–H groups in total. The van der Waals surface area contributed by atoms with E-state index in [4.69, 9.17) is 19.4 Å². The lowest BCUT2D eigenvalue weighted by Crippen LogP contribution is -2.39. The first kappa shape index (κ1) is 26.9. The molecule has 206 valence electrons. The Kier molecular flexibility index (Phi) is 7.43. The average molecular weight is 544 g/mol. The van der Waals surface area contributed by atoms with Crippen molar-refractivity contribution in [3.05, 3.63) is 65.2 Å². The minimum absolute atomic E-state index is 0.108. The highest BCUT2D eigenvalue weighted by atomic mass is 19.4. The van der Waals surface area contributed by atoms with Gasteiger partial charge in [0.15, 0.2) is 0 Å². The molecule has 39 heavy (non-hydrogen) atoms. The topological polar surface area (TPSA) is 100 Å². The zero-order valence-electron chi connectivity index (χ0n) is 21.4. The smallest absolute Gasteiger partial charge is 0.378 e. The van der Waals surface area contributed by atoms with Crippen molar-refractivity contribution >= 4 is 23.4 Å². The molecule has 3 heterocycles. The maximum atomic E-state index is 13.1. The molecule has 1 unspecified atom stereocenters. The number of hydrogen-bond acceptors (Lipinski definition) is 8. The first-order valence-electron chi connectivity index (χ1n) is 12.5. The summed E-state index contributed by atoms with van der Waals surface area (Å²) in [4.78, 5) is 25.9. The number of nitrogens with one attached hydrogen (secondary N) is 1. The van der Waals surface area contributed by atoms with Gasteiger partial charge < -0.3 is 24.8 Å². The van der Waals surface area contributed by atoms with Crippen LogP contribution in [0.4, 0.5) is 30.6 Å². The third kappa shape index (κ3) is 5.82. The van der Waals surface area contributed by atoms with Crippen molar-refractivity contribution < 1.29 is 32.5 Å². The van der Waals surface area contributed by atoms with Gasteiger partial charge in [-0.15, -0.1) is 0 Å². The third-order valence-electron chi connectivity index (χ3n) is 6.69. The van der Waals surface area contributed by atoms with E-state index in [-0.39, 0.29) is 11.6 Å². The van der Waals surface area contributed by atoms with Crippen LogP contribution in [0, 0.1) is 6.92 Å². The van der Waals surface area contributed by atoms with Crippen LogP contribution in [0.15, 0.2) is 48.5 Å². The number of aliphatic hydroxyl groups excluding tert-OH is 1. The van der Waals surface area contributed by atoms with Gasteiger partial charge in [-0.1, -0.05) is 12.1 Å². The molecule has 0 aliphatic carbocycles. The number of ether oxygens (including phenoxy) is 2. The van der Waals surface area contributed by atoms with Crippen LogP contribution in [0.2, 0.25) is 0 Å². The lowest BCUT2D eigenvalue weighted by molar-refractivity contribution is -0.137. The Morgan fingerprint density at radius 3 is 2.56 bits per heavy atom. The zero-order chi connectivity index (χ0) is 27.7. The summed E-state index contributed by atoms with van der Waals surface area (Å²) >= 11 is 0. The molecule has 0 spiro atoms. The normalized spacial score (nSPS) is 19.8. The highest BCUT2D eigenvalue weighted by molar-refractivity contribution is 6.04. The Balaban J connectivity index is 1.50. The van der Waals surface area contributed by atoms with E-state index in [1.807, 2.05) is 19.9 Å². The number of aromatic nitrogens is 2. The van der Waals surface area contributed by atoms with Crippen LogP contribution < -0.4 is 15.1 Å². The molecule has 2 fully saturated rings. The zero-order valence-corrected chi connectivity index (χ0v) is 21.4. The van der Waals surface area contributed by atoms with E-state index in [0.717, 1.165) is 17.7 Å². The van der Waals surface area contributed by atoms with E-state index < -0.39 is 24.1 Å². The van der Waals surface area contributed by atoms with Crippen LogP contribution in [-0.4, -0.2) is 66.3 Å². The first-order valence-corrected chi connectivity index (χ1v) is 12.5. The quantitative estimate of drug-likeness (QED) is 0.497. The van der Waals surface area contributed by atoms with Crippen molar-refractivity contribution in [3.63, 3.8) is 0 Å². The summed E-state index contributed by atoms with van der Waals surface area (Å²) in [5, 5.41) is 13.1. The number of hydrogen-bond donors (Lipinski definition) is 2. The standard InChI is InChI=1S/C27H28F3N5O4/c1-16-6-7-20(31-24(36)18-4-3-5-19(12-18)27(28,29)30)13-21(16)22-14-23(34-8-10-38-11-9-34)33-25(32-22)35-17(2)15-39-26(35)37/h3-7,12-14,17,26,37H,8-11,15H2,1-2H3,(H,31,36)/t17-,26?/m0/s1. The maximum Gasteiger partial charge on any atom is 0.416 e. The molecule has 0 radical (unpaired) electrons. The van der Waals surface area contributed by atoms with Crippen molar-refractivity contribution in [2.45, 2.75) is 32.5 Å². The molecule has 12 heteroatoms. The summed E-state index contributed by atoms with van der Waals surface area (Å²) < 4.78 is 50.2. The molecule has 0 saturated carbocycles. The van der Waals surface area contributed by atoms with E-state index in [0.29, 0.717) is 61.6 Å². The number of nitrogens with zero attached hydrogens (tertiary/aromatic N) is 4. The molecule has 5 rings (SSSR count). The van der Waals surface area contributed by atoms with Crippen molar-refractivity contribution in [1.82, 2.24) is 9.97 Å². The number of morpholine rings is 1. The third-order valence-corrected chi connectivity index (χ3v) is 6.69.